The SMILES string of the molecule is COc1cc(NC(=O)CN2CCN(CC(=O)NC3CC3)CC2)cc(OC)c1. The first kappa shape index (κ1) is 19.4. The predicted molar refractivity (Wildman–Crippen MR) is 102 cm³/mol. The van der Waals surface area contributed by atoms with E-state index in [0.29, 0.717) is 36.3 Å². The van der Waals surface area contributed by atoms with Crippen LogP contribution in [0.25, 0.3) is 0 Å². The van der Waals surface area contributed by atoms with Gasteiger partial charge in [-0.15, -0.1) is 0 Å². The van der Waals surface area contributed by atoms with E-state index in [2.05, 4.69) is 20.4 Å². The molecule has 148 valence electrons. The van der Waals surface area contributed by atoms with Gasteiger partial charge in [0.2, 0.25) is 11.8 Å². The van der Waals surface area contributed by atoms with Crippen LogP contribution in [0.4, 0.5) is 5.69 Å². The summed E-state index contributed by atoms with van der Waals surface area (Å²) in [7, 11) is 3.15. The van der Waals surface area contributed by atoms with E-state index in [-0.39, 0.29) is 11.8 Å². The average molecular weight is 376 g/mol. The number of hydrogen-bond acceptors (Lipinski definition) is 6. The molecule has 1 saturated heterocycles. The molecule has 2 amide bonds. The smallest absolute Gasteiger partial charge is 0.238 e. The van der Waals surface area contributed by atoms with Gasteiger partial charge in [-0.1, -0.05) is 0 Å². The van der Waals surface area contributed by atoms with Crippen LogP contribution in [0.5, 0.6) is 11.5 Å². The standard InChI is InChI=1S/C19H28N4O4/c1-26-16-9-15(10-17(11-16)27-2)21-19(25)13-23-7-5-22(6-8-23)12-18(24)20-14-3-4-14/h9-11,14H,3-8,12-13H2,1-2H3,(H,20,24)(H,21,25). The Hall–Kier alpha value is -2.32. The minimum absolute atomic E-state index is 0.0785. The number of piperazine rings is 1. The van der Waals surface area contributed by atoms with Crippen LogP contribution in [0.15, 0.2) is 18.2 Å². The zero-order valence-electron chi connectivity index (χ0n) is 16.0. The van der Waals surface area contributed by atoms with Crippen molar-refractivity contribution in [1.29, 1.82) is 0 Å². The Kier molecular flexibility index (Phi) is 6.52. The predicted octanol–water partition coefficient (Wildman–Crippen LogP) is 0.539. The minimum Gasteiger partial charge on any atom is -0.497 e. The van der Waals surface area contributed by atoms with Gasteiger partial charge < -0.3 is 20.1 Å². The molecular weight excluding hydrogens is 348 g/mol. The Bertz CT molecular complexity index is 647. The Morgan fingerprint density at radius 3 is 1.93 bits per heavy atom. The average Bonchev–Trinajstić information content (AvgIpc) is 3.46. The lowest BCUT2D eigenvalue weighted by Gasteiger charge is -2.33. The molecule has 1 aliphatic carbocycles. The highest BCUT2D eigenvalue weighted by Crippen LogP contribution is 2.25. The van der Waals surface area contributed by atoms with Crippen molar-refractivity contribution in [3.8, 4) is 11.5 Å². The van der Waals surface area contributed by atoms with Crippen LogP contribution in [-0.2, 0) is 9.59 Å². The first-order valence-corrected chi connectivity index (χ1v) is 9.32. The van der Waals surface area contributed by atoms with Crippen LogP contribution in [0.2, 0.25) is 0 Å². The van der Waals surface area contributed by atoms with E-state index in [1.165, 1.54) is 0 Å². The molecule has 0 radical (unpaired) electrons. The summed E-state index contributed by atoms with van der Waals surface area (Å²) < 4.78 is 10.4. The Morgan fingerprint density at radius 2 is 1.44 bits per heavy atom. The molecule has 1 aromatic rings. The molecule has 0 atom stereocenters. The van der Waals surface area contributed by atoms with Gasteiger partial charge in [0.05, 0.1) is 27.3 Å². The van der Waals surface area contributed by atoms with Gasteiger partial charge in [0.15, 0.2) is 0 Å². The van der Waals surface area contributed by atoms with Crippen molar-refractivity contribution in [2.45, 2.75) is 18.9 Å². The van der Waals surface area contributed by atoms with Gasteiger partial charge in [0.1, 0.15) is 11.5 Å². The van der Waals surface area contributed by atoms with Crippen LogP contribution in [0.1, 0.15) is 12.8 Å². The summed E-state index contributed by atoms with van der Waals surface area (Å²) in [6.07, 6.45) is 2.21. The van der Waals surface area contributed by atoms with Crippen LogP contribution in [-0.4, -0.2) is 81.1 Å². The number of nitrogens with one attached hydrogen (secondary N) is 2. The van der Waals surface area contributed by atoms with Crippen LogP contribution >= 0.6 is 0 Å². The van der Waals surface area contributed by atoms with Gasteiger partial charge >= 0.3 is 0 Å². The molecule has 3 rings (SSSR count). The number of anilines is 1. The maximum atomic E-state index is 12.4. The molecule has 2 N–H and O–H groups in total. The number of carbonyl (C=O) groups excluding carboxylic acids is 2. The van der Waals surface area contributed by atoms with Gasteiger partial charge in [0, 0.05) is 56.1 Å². The summed E-state index contributed by atoms with van der Waals surface area (Å²) in [5.41, 5.74) is 0.645. The lowest BCUT2D eigenvalue weighted by Crippen LogP contribution is -2.51. The molecule has 0 unspecified atom stereocenters. The Balaban J connectivity index is 1.42. The lowest BCUT2D eigenvalue weighted by atomic mass is 10.2. The first-order chi connectivity index (χ1) is 13.1. The molecule has 0 spiro atoms. The number of ether oxygens (including phenoxy) is 2. The van der Waals surface area contributed by atoms with Gasteiger partial charge in [-0.25, -0.2) is 0 Å². The van der Waals surface area contributed by atoms with E-state index < -0.39 is 0 Å². The quantitative estimate of drug-likeness (QED) is 0.689. The van der Waals surface area contributed by atoms with E-state index in [1.54, 1.807) is 32.4 Å². The van der Waals surface area contributed by atoms with Crippen molar-refractivity contribution in [1.82, 2.24) is 15.1 Å². The minimum atomic E-state index is -0.0785. The van der Waals surface area contributed by atoms with Crippen LogP contribution in [0.3, 0.4) is 0 Å². The molecule has 27 heavy (non-hydrogen) atoms. The van der Waals surface area contributed by atoms with Gasteiger partial charge in [-0.2, -0.15) is 0 Å². The number of nitrogens with zero attached hydrogens (tertiary/aromatic N) is 2. The highest BCUT2D eigenvalue weighted by atomic mass is 16.5. The van der Waals surface area contributed by atoms with Crippen molar-refractivity contribution in [3.63, 3.8) is 0 Å². The normalized spacial score (nSPS) is 18.0. The summed E-state index contributed by atoms with van der Waals surface area (Å²) in [5.74, 6) is 1.28. The second-order valence-electron chi connectivity index (χ2n) is 7.04. The maximum absolute atomic E-state index is 12.4. The third-order valence-electron chi connectivity index (χ3n) is 4.78. The zero-order chi connectivity index (χ0) is 19.2. The number of hydrogen-bond donors (Lipinski definition) is 2. The van der Waals surface area contributed by atoms with Crippen molar-refractivity contribution < 1.29 is 19.1 Å². The van der Waals surface area contributed by atoms with E-state index in [4.69, 9.17) is 9.47 Å². The number of rotatable bonds is 8. The molecule has 1 aliphatic heterocycles. The third kappa shape index (κ3) is 6.11. The molecule has 1 aromatic carbocycles. The van der Waals surface area contributed by atoms with E-state index in [9.17, 15) is 9.59 Å². The molecule has 0 aromatic heterocycles. The van der Waals surface area contributed by atoms with Gasteiger partial charge in [-0.05, 0) is 12.8 Å². The molecule has 2 fully saturated rings. The summed E-state index contributed by atoms with van der Waals surface area (Å²) in [6, 6.07) is 5.68. The second-order valence-corrected chi connectivity index (χ2v) is 7.04. The number of methoxy groups -OCH3 is 2. The fourth-order valence-electron chi connectivity index (χ4n) is 3.09. The van der Waals surface area contributed by atoms with Crippen molar-refractivity contribution in [3.05, 3.63) is 18.2 Å². The number of benzene rings is 1. The fraction of sp³-hybridized carbons (Fsp3) is 0.579. The molecule has 8 heteroatoms. The molecule has 1 heterocycles. The van der Waals surface area contributed by atoms with Crippen molar-refractivity contribution in [2.75, 3.05) is 58.8 Å². The lowest BCUT2D eigenvalue weighted by molar-refractivity contribution is -0.123. The maximum Gasteiger partial charge on any atom is 0.238 e. The zero-order valence-corrected chi connectivity index (χ0v) is 16.0. The van der Waals surface area contributed by atoms with Crippen LogP contribution in [0, 0.1) is 0 Å². The fourth-order valence-corrected chi connectivity index (χ4v) is 3.09. The highest BCUT2D eigenvalue weighted by Gasteiger charge is 2.25. The monoisotopic (exact) mass is 376 g/mol. The molecule has 8 nitrogen and oxygen atoms in total. The second kappa shape index (κ2) is 9.05. The Labute approximate surface area is 159 Å². The summed E-state index contributed by atoms with van der Waals surface area (Å²) in [4.78, 5) is 28.5. The molecular formula is C19H28N4O4. The van der Waals surface area contributed by atoms with E-state index in [1.807, 2.05) is 0 Å². The molecule has 2 aliphatic rings. The van der Waals surface area contributed by atoms with E-state index in [0.717, 1.165) is 39.0 Å². The topological polar surface area (TPSA) is 83.1 Å². The third-order valence-corrected chi connectivity index (χ3v) is 4.78. The molecule has 0 bridgehead atoms. The number of carbonyl (C=O) groups is 2. The number of amides is 2. The van der Waals surface area contributed by atoms with Gasteiger partial charge in [0.25, 0.3) is 0 Å². The van der Waals surface area contributed by atoms with Gasteiger partial charge in [-0.3, -0.25) is 19.4 Å². The molecule has 1 saturated carbocycles. The summed E-state index contributed by atoms with van der Waals surface area (Å²) in [6.45, 7) is 3.88. The Morgan fingerprint density at radius 1 is 0.926 bits per heavy atom. The first-order valence-electron chi connectivity index (χ1n) is 9.32. The van der Waals surface area contributed by atoms with Crippen LogP contribution < -0.4 is 20.1 Å². The van der Waals surface area contributed by atoms with Crippen molar-refractivity contribution >= 4 is 17.5 Å². The summed E-state index contributed by atoms with van der Waals surface area (Å²) >= 11 is 0. The van der Waals surface area contributed by atoms with Crippen molar-refractivity contribution in [2.24, 2.45) is 0 Å². The largest absolute Gasteiger partial charge is 0.497 e. The summed E-state index contributed by atoms with van der Waals surface area (Å²) in [5, 5.41) is 5.90. The van der Waals surface area contributed by atoms with E-state index >= 15 is 0 Å². The highest BCUT2D eigenvalue weighted by molar-refractivity contribution is 5.92.